The lowest BCUT2D eigenvalue weighted by atomic mass is 10.1. The van der Waals surface area contributed by atoms with Crippen LogP contribution in [0.5, 0.6) is 0 Å². The average molecular weight is 423 g/mol. The van der Waals surface area contributed by atoms with E-state index in [1.807, 2.05) is 27.7 Å². The third-order valence-corrected chi connectivity index (χ3v) is 4.12. The predicted octanol–water partition coefficient (Wildman–Crippen LogP) is 4.24. The zero-order valence-corrected chi connectivity index (χ0v) is 20.6. The van der Waals surface area contributed by atoms with Crippen LogP contribution in [0.25, 0.3) is 0 Å². The molecular weight excluding hydrogens is 368 g/mol. The Balaban J connectivity index is -0.000000313. The van der Waals surface area contributed by atoms with Gasteiger partial charge in [0.2, 0.25) is 0 Å². The molecule has 0 aliphatic heterocycles. The summed E-state index contributed by atoms with van der Waals surface area (Å²) in [7, 11) is 0. The van der Waals surface area contributed by atoms with Gasteiger partial charge >= 0.3 is 0 Å². The highest BCUT2D eigenvalue weighted by atomic mass is 16.3. The summed E-state index contributed by atoms with van der Waals surface area (Å²) >= 11 is 0. The molecule has 2 atom stereocenters. The largest absolute Gasteiger partial charge is 0.396 e. The molecule has 1 saturated carbocycles. The lowest BCUT2D eigenvalue weighted by molar-refractivity contribution is 0.0781. The molecule has 1 aliphatic carbocycles. The number of aliphatic hydroxyl groups excluding tert-OH is 5. The van der Waals surface area contributed by atoms with Crippen LogP contribution in [0.1, 0.15) is 93.9 Å². The first kappa shape index (κ1) is 33.4. The molecule has 0 unspecified atom stereocenters. The number of aliphatic hydroxyl groups is 5. The van der Waals surface area contributed by atoms with Crippen molar-refractivity contribution in [2.75, 3.05) is 19.8 Å². The smallest absolute Gasteiger partial charge is 0.0773 e. The molecule has 0 aromatic heterocycles. The molecule has 0 heterocycles. The molecule has 0 radical (unpaired) electrons. The summed E-state index contributed by atoms with van der Waals surface area (Å²) in [4.78, 5) is 0. The molecular formula is C24H54O5. The van der Waals surface area contributed by atoms with Gasteiger partial charge < -0.3 is 25.5 Å². The van der Waals surface area contributed by atoms with Gasteiger partial charge in [0.15, 0.2) is 0 Å². The van der Waals surface area contributed by atoms with Crippen LogP contribution in [0.2, 0.25) is 0 Å². The molecule has 0 aromatic carbocycles. The van der Waals surface area contributed by atoms with E-state index in [1.54, 1.807) is 0 Å². The highest BCUT2D eigenvalue weighted by Gasteiger charge is 2.21. The van der Waals surface area contributed by atoms with Gasteiger partial charge in [-0.1, -0.05) is 68.2 Å². The molecule has 29 heavy (non-hydrogen) atoms. The monoisotopic (exact) mass is 422 g/mol. The zero-order valence-electron chi connectivity index (χ0n) is 20.6. The fourth-order valence-electron chi connectivity index (χ4n) is 2.52. The van der Waals surface area contributed by atoms with Crippen LogP contribution >= 0.6 is 0 Å². The predicted molar refractivity (Wildman–Crippen MR) is 124 cm³/mol. The Kier molecular flexibility index (Phi) is 25.9. The van der Waals surface area contributed by atoms with E-state index < -0.39 is 12.2 Å². The van der Waals surface area contributed by atoms with E-state index in [1.165, 1.54) is 19.3 Å². The summed E-state index contributed by atoms with van der Waals surface area (Å²) in [5, 5.41) is 42.5. The van der Waals surface area contributed by atoms with E-state index in [0.717, 1.165) is 18.3 Å². The van der Waals surface area contributed by atoms with E-state index >= 15 is 0 Å². The minimum absolute atomic E-state index is 0.113. The van der Waals surface area contributed by atoms with Crippen molar-refractivity contribution in [2.45, 2.75) is 106 Å². The van der Waals surface area contributed by atoms with E-state index in [4.69, 9.17) is 25.5 Å². The first-order chi connectivity index (χ1) is 13.4. The molecule has 1 fully saturated rings. The van der Waals surface area contributed by atoms with Gasteiger partial charge in [0.05, 0.1) is 25.4 Å². The zero-order chi connectivity index (χ0) is 23.4. The van der Waals surface area contributed by atoms with Gasteiger partial charge in [-0.05, 0) is 55.3 Å². The van der Waals surface area contributed by atoms with Crippen LogP contribution in [-0.4, -0.2) is 57.6 Å². The molecule has 0 spiro atoms. The molecule has 0 bridgehead atoms. The molecule has 5 nitrogen and oxygen atoms in total. The fourth-order valence-corrected chi connectivity index (χ4v) is 2.52. The van der Waals surface area contributed by atoms with Crippen LogP contribution in [0.4, 0.5) is 0 Å². The first-order valence-electron chi connectivity index (χ1n) is 11.6. The van der Waals surface area contributed by atoms with Gasteiger partial charge in [0.25, 0.3) is 0 Å². The Morgan fingerprint density at radius 1 is 0.621 bits per heavy atom. The van der Waals surface area contributed by atoms with Crippen molar-refractivity contribution < 1.29 is 25.5 Å². The molecule has 0 amide bonds. The normalized spacial score (nSPS) is 15.2. The van der Waals surface area contributed by atoms with Crippen molar-refractivity contribution >= 4 is 0 Å². The maximum absolute atomic E-state index is 8.78. The standard InChI is InChI=1S/C7H14.2C6H14O2.C5H12O/c1-6(2)5-7-3-4-7;2*1-5(2)3-6(8)4-7;1-5(2)3-4-6/h6-7H,3-5H2,1-2H3;2*5-8H,3-4H2,1-2H3;5-6H,3-4H2,1-2H3/t;2*6-;/m.10./s1. The Labute approximate surface area is 181 Å². The topological polar surface area (TPSA) is 101 Å². The second-order valence-electron chi connectivity index (χ2n) is 9.91. The van der Waals surface area contributed by atoms with Crippen LogP contribution in [0.3, 0.4) is 0 Å². The van der Waals surface area contributed by atoms with E-state index in [0.29, 0.717) is 37.2 Å². The van der Waals surface area contributed by atoms with E-state index in [9.17, 15) is 0 Å². The van der Waals surface area contributed by atoms with Crippen molar-refractivity contribution in [2.24, 2.45) is 29.6 Å². The SMILES string of the molecule is CC(C)CC1CC1.CC(C)CCO.CC(C)C[C@@H](O)CO.CC(C)C[C@H](O)CO. The molecule has 180 valence electrons. The third-order valence-electron chi connectivity index (χ3n) is 4.12. The first-order valence-corrected chi connectivity index (χ1v) is 11.6. The van der Waals surface area contributed by atoms with Crippen molar-refractivity contribution in [3.8, 4) is 0 Å². The Hall–Kier alpha value is -0.200. The summed E-state index contributed by atoms with van der Waals surface area (Å²) in [6.07, 6.45) is 5.77. The number of hydrogen-bond acceptors (Lipinski definition) is 5. The van der Waals surface area contributed by atoms with Gasteiger partial charge in [0.1, 0.15) is 0 Å². The minimum Gasteiger partial charge on any atom is -0.396 e. The number of hydrogen-bond donors (Lipinski definition) is 5. The summed E-state index contributed by atoms with van der Waals surface area (Å²) in [5.41, 5.74) is 0. The van der Waals surface area contributed by atoms with Gasteiger partial charge in [-0.2, -0.15) is 0 Å². The number of rotatable bonds is 10. The van der Waals surface area contributed by atoms with Crippen molar-refractivity contribution in [3.05, 3.63) is 0 Å². The second kappa shape index (κ2) is 22.5. The van der Waals surface area contributed by atoms with Gasteiger partial charge in [-0.25, -0.2) is 0 Å². The van der Waals surface area contributed by atoms with Crippen molar-refractivity contribution in [1.82, 2.24) is 0 Å². The lowest BCUT2D eigenvalue weighted by Crippen LogP contribution is -2.14. The molecule has 1 rings (SSSR count). The molecule has 1 aliphatic rings. The van der Waals surface area contributed by atoms with Gasteiger partial charge in [0, 0.05) is 6.61 Å². The maximum Gasteiger partial charge on any atom is 0.0773 e. The Morgan fingerprint density at radius 2 is 1.00 bits per heavy atom. The Bertz CT molecular complexity index is 286. The highest BCUT2D eigenvalue weighted by molar-refractivity contribution is 4.73. The van der Waals surface area contributed by atoms with Crippen LogP contribution < -0.4 is 0 Å². The molecule has 5 N–H and O–H groups in total. The molecule has 0 saturated heterocycles. The minimum atomic E-state index is -0.519. The summed E-state index contributed by atoms with van der Waals surface area (Å²) < 4.78 is 0. The summed E-state index contributed by atoms with van der Waals surface area (Å²) in [6, 6.07) is 0. The molecule has 0 aromatic rings. The van der Waals surface area contributed by atoms with Gasteiger partial charge in [-0.3, -0.25) is 0 Å². The fraction of sp³-hybridized carbons (Fsp3) is 1.00. The van der Waals surface area contributed by atoms with Crippen molar-refractivity contribution in [3.63, 3.8) is 0 Å². The third kappa shape index (κ3) is 38.9. The summed E-state index contributed by atoms with van der Waals surface area (Å²) in [5.74, 6) is 3.65. The average Bonchev–Trinajstić information content (AvgIpc) is 3.38. The maximum atomic E-state index is 8.78. The van der Waals surface area contributed by atoms with E-state index in [2.05, 4.69) is 27.7 Å². The van der Waals surface area contributed by atoms with Crippen LogP contribution in [0.15, 0.2) is 0 Å². The lowest BCUT2D eigenvalue weighted by Gasteiger charge is -2.08. The quantitative estimate of drug-likeness (QED) is 0.362. The second-order valence-corrected chi connectivity index (χ2v) is 9.91. The van der Waals surface area contributed by atoms with Crippen LogP contribution in [0, 0.1) is 29.6 Å². The van der Waals surface area contributed by atoms with Crippen LogP contribution in [-0.2, 0) is 0 Å². The van der Waals surface area contributed by atoms with E-state index in [-0.39, 0.29) is 13.2 Å². The summed E-state index contributed by atoms with van der Waals surface area (Å²) in [6.45, 7) is 17.0. The molecule has 5 heteroatoms. The Morgan fingerprint density at radius 3 is 1.07 bits per heavy atom. The van der Waals surface area contributed by atoms with Crippen molar-refractivity contribution in [1.29, 1.82) is 0 Å². The highest BCUT2D eigenvalue weighted by Crippen LogP contribution is 2.34. The van der Waals surface area contributed by atoms with Gasteiger partial charge in [-0.15, -0.1) is 0 Å².